The molecule has 1 aliphatic carbocycles. The van der Waals surface area contributed by atoms with E-state index in [0.717, 1.165) is 40.2 Å². The number of carbonyl (C=O) groups excluding carboxylic acids is 3. The van der Waals surface area contributed by atoms with Gasteiger partial charge in [-0.3, -0.25) is 14.5 Å². The van der Waals surface area contributed by atoms with Gasteiger partial charge in [0.2, 0.25) is 5.91 Å². The van der Waals surface area contributed by atoms with E-state index in [2.05, 4.69) is 10.6 Å². The zero-order valence-corrected chi connectivity index (χ0v) is 19.2. The molecule has 0 saturated carbocycles. The summed E-state index contributed by atoms with van der Waals surface area (Å²) in [5.74, 6) is -1.23. The van der Waals surface area contributed by atoms with Crippen LogP contribution in [0.25, 0.3) is 0 Å². The lowest BCUT2D eigenvalue weighted by Gasteiger charge is -2.27. The number of aryl methyl sites for hydroxylation is 1. The van der Waals surface area contributed by atoms with Crippen LogP contribution >= 0.6 is 11.3 Å². The molecule has 2 aromatic carbocycles. The zero-order valence-electron chi connectivity index (χ0n) is 18.4. The average Bonchev–Trinajstić information content (AvgIpc) is 3.39. The highest BCUT2D eigenvalue weighted by atomic mass is 32.1. The largest absolute Gasteiger partial charge is 0.343 e. The Labute approximate surface area is 200 Å². The van der Waals surface area contributed by atoms with E-state index >= 15 is 0 Å². The molecule has 174 valence electrons. The van der Waals surface area contributed by atoms with Gasteiger partial charge in [0.15, 0.2) is 0 Å². The number of hydrogen-bond acceptors (Lipinski definition) is 4. The van der Waals surface area contributed by atoms with Crippen LogP contribution in [0.3, 0.4) is 0 Å². The Kier molecular flexibility index (Phi) is 5.91. The fourth-order valence-corrected chi connectivity index (χ4v) is 5.70. The molecule has 0 bridgehead atoms. The number of nitrogens with one attached hydrogen (secondary N) is 2. The third kappa shape index (κ3) is 3.98. The van der Waals surface area contributed by atoms with E-state index in [0.29, 0.717) is 12.0 Å². The van der Waals surface area contributed by atoms with E-state index in [9.17, 15) is 18.8 Å². The Morgan fingerprint density at radius 3 is 2.65 bits per heavy atom. The normalized spacial score (nSPS) is 20.6. The molecule has 34 heavy (non-hydrogen) atoms. The summed E-state index contributed by atoms with van der Waals surface area (Å²) in [6.07, 6.45) is 3.08. The summed E-state index contributed by atoms with van der Waals surface area (Å²) in [6, 6.07) is 16.3. The first-order valence-corrected chi connectivity index (χ1v) is 12.2. The first-order chi connectivity index (χ1) is 16.5. The molecule has 0 radical (unpaired) electrons. The van der Waals surface area contributed by atoms with Crippen LogP contribution in [-0.4, -0.2) is 29.3 Å². The van der Waals surface area contributed by atoms with Crippen LogP contribution in [-0.2, 0) is 21.5 Å². The van der Waals surface area contributed by atoms with Crippen molar-refractivity contribution in [1.82, 2.24) is 15.5 Å². The minimum Gasteiger partial charge on any atom is -0.343 e. The Balaban J connectivity index is 1.38. The fraction of sp³-hybridized carbons (Fsp3) is 0.269. The lowest BCUT2D eigenvalue weighted by atomic mass is 9.84. The summed E-state index contributed by atoms with van der Waals surface area (Å²) >= 11 is 1.46. The summed E-state index contributed by atoms with van der Waals surface area (Å²) in [4.78, 5) is 41.4. The summed E-state index contributed by atoms with van der Waals surface area (Å²) in [5, 5.41) is 7.72. The predicted octanol–water partition coefficient (Wildman–Crippen LogP) is 4.27. The molecule has 4 amide bonds. The molecule has 1 spiro atoms. The molecule has 6 nitrogen and oxygen atoms in total. The molecular formula is C26H24FN3O3S. The van der Waals surface area contributed by atoms with Gasteiger partial charge in [-0.05, 0) is 66.0 Å². The summed E-state index contributed by atoms with van der Waals surface area (Å²) < 4.78 is 13.4. The minimum atomic E-state index is -1.13. The van der Waals surface area contributed by atoms with Crippen LogP contribution in [0.1, 0.15) is 46.9 Å². The average molecular weight is 478 g/mol. The second-order valence-electron chi connectivity index (χ2n) is 8.66. The lowest BCUT2D eigenvalue weighted by Crippen LogP contribution is -2.45. The van der Waals surface area contributed by atoms with Crippen molar-refractivity contribution < 1.29 is 18.8 Å². The van der Waals surface area contributed by atoms with E-state index in [4.69, 9.17) is 0 Å². The van der Waals surface area contributed by atoms with Gasteiger partial charge in [-0.25, -0.2) is 9.18 Å². The number of hydrogen-bond donors (Lipinski definition) is 2. The quantitative estimate of drug-likeness (QED) is 0.539. The van der Waals surface area contributed by atoms with Crippen molar-refractivity contribution in [3.05, 3.63) is 93.4 Å². The van der Waals surface area contributed by atoms with Gasteiger partial charge >= 0.3 is 6.03 Å². The van der Waals surface area contributed by atoms with E-state index in [-0.39, 0.29) is 5.82 Å². The maximum atomic E-state index is 13.6. The van der Waals surface area contributed by atoms with E-state index in [1.807, 2.05) is 41.8 Å². The summed E-state index contributed by atoms with van der Waals surface area (Å²) in [6.45, 7) is -0.391. The third-order valence-corrected chi connectivity index (χ3v) is 7.48. The summed E-state index contributed by atoms with van der Waals surface area (Å²) in [7, 11) is 0. The molecule has 1 aromatic heterocycles. The van der Waals surface area contributed by atoms with Crippen molar-refractivity contribution in [2.24, 2.45) is 0 Å². The van der Waals surface area contributed by atoms with Crippen LogP contribution in [0.15, 0.2) is 66.0 Å². The molecule has 2 N–H and O–H groups in total. The highest BCUT2D eigenvalue weighted by Crippen LogP contribution is 2.39. The van der Waals surface area contributed by atoms with Crippen LogP contribution in [0.2, 0.25) is 0 Å². The Bertz CT molecular complexity index is 1230. The minimum absolute atomic E-state index is 0.367. The number of amides is 4. The van der Waals surface area contributed by atoms with Crippen molar-refractivity contribution in [2.45, 2.75) is 37.3 Å². The molecule has 1 saturated heterocycles. The Morgan fingerprint density at radius 2 is 1.88 bits per heavy atom. The first kappa shape index (κ1) is 22.3. The highest BCUT2D eigenvalue weighted by molar-refractivity contribution is 7.10. The van der Waals surface area contributed by atoms with Crippen LogP contribution in [0.5, 0.6) is 0 Å². The van der Waals surface area contributed by atoms with Gasteiger partial charge < -0.3 is 10.6 Å². The van der Waals surface area contributed by atoms with E-state index in [1.165, 1.54) is 23.5 Å². The van der Waals surface area contributed by atoms with Gasteiger partial charge in [-0.1, -0.05) is 42.5 Å². The first-order valence-electron chi connectivity index (χ1n) is 11.3. The van der Waals surface area contributed by atoms with Crippen molar-refractivity contribution >= 4 is 29.2 Å². The summed E-state index contributed by atoms with van der Waals surface area (Å²) in [5.41, 5.74) is 1.45. The number of imide groups is 1. The molecule has 8 heteroatoms. The molecule has 2 atom stereocenters. The van der Waals surface area contributed by atoms with Gasteiger partial charge in [0.25, 0.3) is 5.91 Å². The second-order valence-corrected chi connectivity index (χ2v) is 9.64. The molecule has 1 fully saturated rings. The smallest absolute Gasteiger partial charge is 0.325 e. The van der Waals surface area contributed by atoms with Gasteiger partial charge in [-0.15, -0.1) is 11.3 Å². The molecule has 3 aromatic rings. The third-order valence-electron chi connectivity index (χ3n) is 6.54. The number of urea groups is 1. The predicted molar refractivity (Wildman–Crippen MR) is 127 cm³/mol. The number of benzene rings is 2. The zero-order chi connectivity index (χ0) is 23.7. The SMILES string of the molecule is O=C(CN1C(=O)N[C@@]2(CCCCc3ccccc32)C1=O)N[C@H](c1ccc(F)cc1)c1cccs1. The van der Waals surface area contributed by atoms with Gasteiger partial charge in [-0.2, -0.15) is 0 Å². The molecule has 5 rings (SSSR count). The van der Waals surface area contributed by atoms with Crippen molar-refractivity contribution in [3.8, 4) is 0 Å². The molecule has 2 heterocycles. The molecule has 2 aliphatic rings. The molecular weight excluding hydrogens is 453 g/mol. The Hall–Kier alpha value is -3.52. The van der Waals surface area contributed by atoms with E-state index in [1.54, 1.807) is 12.1 Å². The van der Waals surface area contributed by atoms with Crippen molar-refractivity contribution in [1.29, 1.82) is 0 Å². The number of carbonyl (C=O) groups is 3. The molecule has 0 unspecified atom stereocenters. The monoisotopic (exact) mass is 477 g/mol. The van der Waals surface area contributed by atoms with Gasteiger partial charge in [0, 0.05) is 4.88 Å². The maximum Gasteiger partial charge on any atom is 0.325 e. The standard InChI is InChI=1S/C26H24FN3O3S/c27-19-12-10-18(11-13-19)23(21-9-5-15-34-21)28-22(31)16-30-24(32)26(29-25(30)33)14-4-3-7-17-6-1-2-8-20(17)26/h1-2,5-6,8-13,15,23H,3-4,7,14,16H2,(H,28,31)(H,29,33)/t23-,26-/m1/s1. The molecule has 1 aliphatic heterocycles. The van der Waals surface area contributed by atoms with Crippen LogP contribution < -0.4 is 10.6 Å². The number of halogens is 1. The van der Waals surface area contributed by atoms with Crippen molar-refractivity contribution in [2.75, 3.05) is 6.54 Å². The van der Waals surface area contributed by atoms with Crippen molar-refractivity contribution in [3.63, 3.8) is 0 Å². The number of rotatable bonds is 5. The number of fused-ring (bicyclic) bond motifs is 2. The highest BCUT2D eigenvalue weighted by Gasteiger charge is 2.53. The second kappa shape index (κ2) is 9.02. The van der Waals surface area contributed by atoms with E-state index < -0.39 is 36.0 Å². The Morgan fingerprint density at radius 1 is 1.09 bits per heavy atom. The van der Waals surface area contributed by atoms with Gasteiger partial charge in [0.1, 0.15) is 17.9 Å². The van der Waals surface area contributed by atoms with Crippen LogP contribution in [0, 0.1) is 5.82 Å². The maximum absolute atomic E-state index is 13.6. The fourth-order valence-electron chi connectivity index (χ4n) is 4.90. The number of nitrogens with zero attached hydrogens (tertiary/aromatic N) is 1. The van der Waals surface area contributed by atoms with Gasteiger partial charge in [0.05, 0.1) is 6.04 Å². The lowest BCUT2D eigenvalue weighted by molar-refractivity contribution is -0.135. The topological polar surface area (TPSA) is 78.5 Å². The van der Waals surface area contributed by atoms with Crippen LogP contribution in [0.4, 0.5) is 9.18 Å². The number of thiophene rings is 1.